The third-order valence-electron chi connectivity index (χ3n) is 4.93. The second-order valence-corrected chi connectivity index (χ2v) is 7.06. The number of carboxylic acids is 1. The molecule has 1 heterocycles. The SMILES string of the molecule is O=C(O)c1ccc(Cl)c2c1[C@H]1C=CC[C@H]1[C@@H](c1ccc(Cl)cc1)N2. The molecule has 5 heteroatoms. The molecular weight excluding hydrogens is 345 g/mol. The molecule has 1 aliphatic heterocycles. The van der Waals surface area contributed by atoms with Gasteiger partial charge in [0.05, 0.1) is 22.3 Å². The lowest BCUT2D eigenvalue weighted by Gasteiger charge is -2.38. The van der Waals surface area contributed by atoms with Gasteiger partial charge in [-0.3, -0.25) is 0 Å². The third-order valence-corrected chi connectivity index (χ3v) is 5.50. The number of hydrogen-bond acceptors (Lipinski definition) is 2. The van der Waals surface area contributed by atoms with Crippen molar-refractivity contribution in [1.29, 1.82) is 0 Å². The maximum Gasteiger partial charge on any atom is 0.336 e. The molecule has 0 saturated carbocycles. The van der Waals surface area contributed by atoms with Gasteiger partial charge in [-0.15, -0.1) is 0 Å². The topological polar surface area (TPSA) is 49.3 Å². The summed E-state index contributed by atoms with van der Waals surface area (Å²) in [6.07, 6.45) is 5.13. The maximum atomic E-state index is 11.7. The molecule has 2 aromatic rings. The van der Waals surface area contributed by atoms with Crippen LogP contribution in [-0.2, 0) is 0 Å². The predicted octanol–water partition coefficient (Wildman–Crippen LogP) is 5.52. The van der Waals surface area contributed by atoms with Crippen molar-refractivity contribution >= 4 is 34.9 Å². The summed E-state index contributed by atoms with van der Waals surface area (Å²) >= 11 is 12.4. The number of aromatic carboxylic acids is 1. The minimum Gasteiger partial charge on any atom is -0.478 e. The molecule has 3 atom stereocenters. The summed E-state index contributed by atoms with van der Waals surface area (Å²) in [6.45, 7) is 0. The lowest BCUT2D eigenvalue weighted by molar-refractivity contribution is 0.0695. The fourth-order valence-corrected chi connectivity index (χ4v) is 4.21. The van der Waals surface area contributed by atoms with Crippen LogP contribution in [0.4, 0.5) is 5.69 Å². The van der Waals surface area contributed by atoms with Gasteiger partial charge in [-0.05, 0) is 47.7 Å². The molecule has 3 nitrogen and oxygen atoms in total. The number of halogens is 2. The van der Waals surface area contributed by atoms with E-state index in [-0.39, 0.29) is 17.9 Å². The van der Waals surface area contributed by atoms with E-state index in [1.165, 1.54) is 0 Å². The molecule has 0 spiro atoms. The zero-order valence-electron chi connectivity index (χ0n) is 12.7. The molecule has 2 aliphatic rings. The summed E-state index contributed by atoms with van der Waals surface area (Å²) in [4.78, 5) is 11.7. The molecule has 0 fully saturated rings. The van der Waals surface area contributed by atoms with Gasteiger partial charge in [0.25, 0.3) is 0 Å². The monoisotopic (exact) mass is 359 g/mol. The van der Waals surface area contributed by atoms with Crippen LogP contribution in [0.2, 0.25) is 10.0 Å². The van der Waals surface area contributed by atoms with Gasteiger partial charge in [0.15, 0.2) is 0 Å². The van der Waals surface area contributed by atoms with Crippen molar-refractivity contribution < 1.29 is 9.90 Å². The zero-order chi connectivity index (χ0) is 16.8. The molecule has 0 aromatic heterocycles. The van der Waals surface area contributed by atoms with E-state index in [4.69, 9.17) is 23.2 Å². The van der Waals surface area contributed by atoms with Crippen molar-refractivity contribution in [2.45, 2.75) is 18.4 Å². The van der Waals surface area contributed by atoms with Crippen molar-refractivity contribution in [3.8, 4) is 0 Å². The average molecular weight is 360 g/mol. The lowest BCUT2D eigenvalue weighted by atomic mass is 9.75. The van der Waals surface area contributed by atoms with Gasteiger partial charge in [-0.1, -0.05) is 47.5 Å². The number of rotatable bonds is 2. The first-order chi connectivity index (χ1) is 11.6. The molecule has 0 saturated heterocycles. The van der Waals surface area contributed by atoms with Gasteiger partial charge >= 0.3 is 5.97 Å². The van der Waals surface area contributed by atoms with E-state index in [0.717, 1.165) is 23.2 Å². The minimum absolute atomic E-state index is 0.0479. The summed E-state index contributed by atoms with van der Waals surface area (Å²) in [5, 5.41) is 14.3. The summed E-state index contributed by atoms with van der Waals surface area (Å²) in [6, 6.07) is 11.1. The van der Waals surface area contributed by atoms with Crippen LogP contribution in [0.3, 0.4) is 0 Å². The van der Waals surface area contributed by atoms with Crippen molar-refractivity contribution in [3.05, 3.63) is 75.3 Å². The largest absolute Gasteiger partial charge is 0.478 e. The fraction of sp³-hybridized carbons (Fsp3) is 0.211. The smallest absolute Gasteiger partial charge is 0.336 e. The molecule has 2 aromatic carbocycles. The second kappa shape index (κ2) is 5.83. The summed E-state index contributed by atoms with van der Waals surface area (Å²) in [5.74, 6) is -0.615. The van der Waals surface area contributed by atoms with Gasteiger partial charge in [-0.25, -0.2) is 4.79 Å². The van der Waals surface area contributed by atoms with Crippen molar-refractivity contribution in [2.24, 2.45) is 5.92 Å². The Labute approximate surface area is 149 Å². The quantitative estimate of drug-likeness (QED) is 0.694. The minimum atomic E-state index is -0.922. The molecule has 24 heavy (non-hydrogen) atoms. The molecule has 0 unspecified atom stereocenters. The molecule has 2 N–H and O–H groups in total. The first-order valence-corrected chi connectivity index (χ1v) is 8.56. The van der Waals surface area contributed by atoms with Gasteiger partial charge in [0.1, 0.15) is 0 Å². The summed E-state index contributed by atoms with van der Waals surface area (Å²) < 4.78 is 0. The van der Waals surface area contributed by atoms with Crippen LogP contribution in [-0.4, -0.2) is 11.1 Å². The zero-order valence-corrected chi connectivity index (χ0v) is 14.2. The van der Waals surface area contributed by atoms with E-state index >= 15 is 0 Å². The van der Waals surface area contributed by atoms with Crippen LogP contribution in [0, 0.1) is 5.92 Å². The molecule has 1 aliphatic carbocycles. The van der Waals surface area contributed by atoms with Crippen LogP contribution in [0.25, 0.3) is 0 Å². The van der Waals surface area contributed by atoms with Crippen LogP contribution < -0.4 is 5.32 Å². The Morgan fingerprint density at radius 3 is 2.58 bits per heavy atom. The first-order valence-electron chi connectivity index (χ1n) is 7.80. The maximum absolute atomic E-state index is 11.7. The fourth-order valence-electron chi connectivity index (χ4n) is 3.86. The van der Waals surface area contributed by atoms with E-state index in [1.807, 2.05) is 24.3 Å². The Bertz CT molecular complexity index is 845. The third kappa shape index (κ3) is 2.40. The van der Waals surface area contributed by atoms with E-state index in [0.29, 0.717) is 15.6 Å². The molecule has 0 amide bonds. The Kier molecular flexibility index (Phi) is 3.78. The Balaban J connectivity index is 1.86. The summed E-state index contributed by atoms with van der Waals surface area (Å²) in [5.41, 5.74) is 2.96. The Hall–Kier alpha value is -1.97. The van der Waals surface area contributed by atoms with Gasteiger partial charge in [0, 0.05) is 10.9 Å². The standard InChI is InChI=1S/C19H15Cl2NO2/c20-11-6-4-10(5-7-11)17-13-3-1-2-12(13)16-14(19(23)24)8-9-15(21)18(16)22-17/h1-2,4-9,12-13,17,22H,3H2,(H,23,24)/t12-,13+,17+/m0/s1. The van der Waals surface area contributed by atoms with Gasteiger partial charge in [0.2, 0.25) is 0 Å². The molecule has 0 radical (unpaired) electrons. The lowest BCUT2D eigenvalue weighted by Crippen LogP contribution is -2.30. The Morgan fingerprint density at radius 2 is 1.88 bits per heavy atom. The predicted molar refractivity (Wildman–Crippen MR) is 96.2 cm³/mol. The molecule has 122 valence electrons. The highest BCUT2D eigenvalue weighted by molar-refractivity contribution is 6.33. The summed E-state index contributed by atoms with van der Waals surface area (Å²) in [7, 11) is 0. The second-order valence-electron chi connectivity index (χ2n) is 6.22. The molecular formula is C19H15Cl2NO2. The van der Waals surface area contributed by atoms with Crippen molar-refractivity contribution in [1.82, 2.24) is 0 Å². The van der Waals surface area contributed by atoms with E-state index < -0.39 is 5.97 Å². The number of fused-ring (bicyclic) bond motifs is 3. The van der Waals surface area contributed by atoms with Crippen molar-refractivity contribution in [3.63, 3.8) is 0 Å². The van der Waals surface area contributed by atoms with Gasteiger partial charge in [-0.2, -0.15) is 0 Å². The highest BCUT2D eigenvalue weighted by Crippen LogP contribution is 2.52. The van der Waals surface area contributed by atoms with E-state index in [1.54, 1.807) is 12.1 Å². The Morgan fingerprint density at radius 1 is 1.12 bits per heavy atom. The number of carboxylic acid groups (broad SMARTS) is 1. The van der Waals surface area contributed by atoms with Gasteiger partial charge < -0.3 is 10.4 Å². The van der Waals surface area contributed by atoms with Crippen LogP contribution >= 0.6 is 23.2 Å². The number of allylic oxidation sites excluding steroid dienone is 2. The average Bonchev–Trinajstić information content (AvgIpc) is 3.05. The number of anilines is 1. The normalized spacial score (nSPS) is 24.2. The highest BCUT2D eigenvalue weighted by Gasteiger charge is 2.40. The van der Waals surface area contributed by atoms with Crippen LogP contribution in [0.1, 0.15) is 39.9 Å². The van der Waals surface area contributed by atoms with Crippen LogP contribution in [0.5, 0.6) is 0 Å². The number of hydrogen-bond donors (Lipinski definition) is 2. The van der Waals surface area contributed by atoms with E-state index in [9.17, 15) is 9.90 Å². The van der Waals surface area contributed by atoms with E-state index in [2.05, 4.69) is 17.5 Å². The molecule has 4 rings (SSSR count). The first kappa shape index (κ1) is 15.6. The number of benzene rings is 2. The number of carbonyl (C=O) groups is 1. The van der Waals surface area contributed by atoms with Crippen molar-refractivity contribution in [2.75, 3.05) is 5.32 Å². The van der Waals surface area contributed by atoms with Crippen LogP contribution in [0.15, 0.2) is 48.6 Å². The molecule has 0 bridgehead atoms. The number of nitrogens with one attached hydrogen (secondary N) is 1. The highest BCUT2D eigenvalue weighted by atomic mass is 35.5.